The first-order valence-corrected chi connectivity index (χ1v) is 7.71. The summed E-state index contributed by atoms with van der Waals surface area (Å²) < 4.78 is 26.2. The van der Waals surface area contributed by atoms with Gasteiger partial charge in [0.15, 0.2) is 0 Å². The van der Waals surface area contributed by atoms with E-state index in [-0.39, 0.29) is 11.8 Å². The van der Waals surface area contributed by atoms with E-state index < -0.39 is 10.0 Å². The normalized spacial score (nSPS) is 14.9. The number of hydrogen-bond acceptors (Lipinski definition) is 4. The van der Waals surface area contributed by atoms with Crippen LogP contribution in [0.25, 0.3) is 0 Å². The maximum Gasteiger partial charge on any atom is 0.215 e. The van der Waals surface area contributed by atoms with Gasteiger partial charge in [0.05, 0.1) is 17.4 Å². The second kappa shape index (κ2) is 5.26. The highest BCUT2D eigenvalue weighted by Gasteiger charge is 2.34. The fraction of sp³-hybridized carbons (Fsp3) is 0.364. The molecular weight excluding hydrogens is 318 g/mol. The number of hydrogen-bond donors (Lipinski definition) is 2. The van der Waals surface area contributed by atoms with E-state index in [1.165, 1.54) is 0 Å². The summed E-state index contributed by atoms with van der Waals surface area (Å²) in [6.07, 6.45) is 3.06. The van der Waals surface area contributed by atoms with Gasteiger partial charge in [0, 0.05) is 10.7 Å². The topological polar surface area (TPSA) is 85.1 Å². The molecule has 0 spiro atoms. The van der Waals surface area contributed by atoms with Gasteiger partial charge < -0.3 is 5.73 Å². The first-order valence-electron chi connectivity index (χ1n) is 5.37. The van der Waals surface area contributed by atoms with E-state index in [2.05, 4.69) is 37.5 Å². The summed E-state index contributed by atoms with van der Waals surface area (Å²) >= 11 is 3.27. The quantitative estimate of drug-likeness (QED) is 0.805. The predicted molar refractivity (Wildman–Crippen MR) is 73.2 cm³/mol. The Morgan fingerprint density at radius 2 is 2.28 bits per heavy atom. The van der Waals surface area contributed by atoms with Crippen LogP contribution in [0, 0.1) is 11.8 Å². The van der Waals surface area contributed by atoms with Crippen molar-refractivity contribution in [1.29, 1.82) is 0 Å². The van der Waals surface area contributed by atoms with Crippen molar-refractivity contribution in [3.63, 3.8) is 0 Å². The molecule has 0 aromatic carbocycles. The second-order valence-corrected chi connectivity index (χ2v) is 6.91. The Kier molecular flexibility index (Phi) is 3.90. The third-order valence-electron chi connectivity index (χ3n) is 2.43. The number of halogens is 1. The van der Waals surface area contributed by atoms with Crippen LogP contribution in [0.4, 0.5) is 5.82 Å². The van der Waals surface area contributed by atoms with Gasteiger partial charge in [0.2, 0.25) is 10.0 Å². The number of nitrogen functional groups attached to an aromatic ring is 1. The number of pyridine rings is 1. The summed E-state index contributed by atoms with van der Waals surface area (Å²) in [6.45, 7) is 0.0881. The zero-order valence-corrected chi connectivity index (χ0v) is 11.9. The molecule has 0 radical (unpaired) electrons. The Bertz CT molecular complexity index is 615. The van der Waals surface area contributed by atoms with E-state index in [1.807, 2.05) is 0 Å². The Balaban J connectivity index is 1.98. The molecule has 1 aromatic rings. The van der Waals surface area contributed by atoms with Crippen LogP contribution in [0.1, 0.15) is 18.4 Å². The number of nitrogens with zero attached hydrogens (tertiary/aromatic N) is 1. The summed E-state index contributed by atoms with van der Waals surface area (Å²) in [5.74, 6) is 5.85. The summed E-state index contributed by atoms with van der Waals surface area (Å²) in [4.78, 5) is 3.93. The number of rotatable bonds is 3. The maximum atomic E-state index is 11.5. The Labute approximate surface area is 114 Å². The van der Waals surface area contributed by atoms with Crippen molar-refractivity contribution < 1.29 is 8.42 Å². The monoisotopic (exact) mass is 329 g/mol. The minimum Gasteiger partial charge on any atom is -0.383 e. The highest BCUT2D eigenvalue weighted by atomic mass is 79.9. The molecule has 3 N–H and O–H groups in total. The average Bonchev–Trinajstić information content (AvgIpc) is 3.13. The Morgan fingerprint density at radius 1 is 1.56 bits per heavy atom. The molecule has 2 rings (SSSR count). The average molecular weight is 330 g/mol. The van der Waals surface area contributed by atoms with Gasteiger partial charge in [-0.15, -0.1) is 0 Å². The molecule has 1 heterocycles. The lowest BCUT2D eigenvalue weighted by Crippen LogP contribution is -2.27. The minimum absolute atomic E-state index is 0.0881. The molecule has 18 heavy (non-hydrogen) atoms. The fourth-order valence-corrected chi connectivity index (χ4v) is 2.92. The van der Waals surface area contributed by atoms with Gasteiger partial charge in [-0.1, -0.05) is 11.8 Å². The van der Waals surface area contributed by atoms with Gasteiger partial charge in [-0.3, -0.25) is 0 Å². The van der Waals surface area contributed by atoms with Crippen molar-refractivity contribution in [2.75, 3.05) is 12.3 Å². The maximum absolute atomic E-state index is 11.5. The zero-order chi connectivity index (χ0) is 13.2. The van der Waals surface area contributed by atoms with E-state index in [0.717, 1.165) is 17.3 Å². The van der Waals surface area contributed by atoms with Crippen LogP contribution in [0.5, 0.6) is 0 Å². The summed E-state index contributed by atoms with van der Waals surface area (Å²) in [6, 6.07) is 1.74. The molecular formula is C11H12BrN3O2S. The molecule has 1 aromatic heterocycles. The molecule has 1 aliphatic carbocycles. The molecule has 1 aliphatic rings. The molecule has 96 valence electrons. The van der Waals surface area contributed by atoms with Crippen LogP contribution < -0.4 is 10.5 Å². The van der Waals surface area contributed by atoms with Gasteiger partial charge in [0.1, 0.15) is 5.82 Å². The molecule has 5 nitrogen and oxygen atoms in total. The molecule has 0 aliphatic heterocycles. The molecule has 0 saturated heterocycles. The minimum atomic E-state index is -3.17. The van der Waals surface area contributed by atoms with E-state index in [0.29, 0.717) is 11.4 Å². The van der Waals surface area contributed by atoms with Crippen molar-refractivity contribution in [2.24, 2.45) is 0 Å². The zero-order valence-electron chi connectivity index (χ0n) is 9.48. The molecule has 1 fully saturated rings. The van der Waals surface area contributed by atoms with Crippen molar-refractivity contribution in [3.05, 3.63) is 22.3 Å². The van der Waals surface area contributed by atoms with Gasteiger partial charge >= 0.3 is 0 Å². The first kappa shape index (κ1) is 13.3. The second-order valence-electron chi connectivity index (χ2n) is 3.95. The van der Waals surface area contributed by atoms with Gasteiger partial charge in [-0.2, -0.15) is 0 Å². The molecule has 0 unspecified atom stereocenters. The van der Waals surface area contributed by atoms with Crippen molar-refractivity contribution in [1.82, 2.24) is 9.71 Å². The van der Waals surface area contributed by atoms with Gasteiger partial charge in [0.25, 0.3) is 0 Å². The highest BCUT2D eigenvalue weighted by molar-refractivity contribution is 9.10. The van der Waals surface area contributed by atoms with Crippen molar-refractivity contribution >= 4 is 31.8 Å². The number of nitrogens with two attached hydrogens (primary N) is 1. The van der Waals surface area contributed by atoms with E-state index in [9.17, 15) is 8.42 Å². The number of sulfonamides is 1. The third-order valence-corrected chi connectivity index (χ3v) is 4.76. The Morgan fingerprint density at radius 3 is 2.94 bits per heavy atom. The van der Waals surface area contributed by atoms with Crippen LogP contribution in [0.15, 0.2) is 16.7 Å². The number of aromatic nitrogens is 1. The lowest BCUT2D eigenvalue weighted by Gasteiger charge is -2.00. The van der Waals surface area contributed by atoms with Gasteiger partial charge in [-0.25, -0.2) is 18.1 Å². The van der Waals surface area contributed by atoms with Crippen LogP contribution in [0.3, 0.4) is 0 Å². The third kappa shape index (κ3) is 3.45. The standard InChI is InChI=1S/C11H12BrN3O2S/c12-9-6-8(11(13)14-7-9)2-1-5-15-18(16,17)10-3-4-10/h6-7,10,15H,3-5H2,(H2,13,14). The lowest BCUT2D eigenvalue weighted by atomic mass is 10.2. The van der Waals surface area contributed by atoms with Crippen LogP contribution in [-0.2, 0) is 10.0 Å². The first-order chi connectivity index (χ1) is 8.49. The fourth-order valence-electron chi connectivity index (χ4n) is 1.32. The summed E-state index contributed by atoms with van der Waals surface area (Å²) in [5, 5.41) is -0.225. The SMILES string of the molecule is Nc1ncc(Br)cc1C#CCNS(=O)(=O)C1CC1. The molecule has 0 amide bonds. The van der Waals surface area contributed by atoms with E-state index >= 15 is 0 Å². The van der Waals surface area contributed by atoms with Gasteiger partial charge in [-0.05, 0) is 34.8 Å². The Hall–Kier alpha value is -1.10. The summed E-state index contributed by atoms with van der Waals surface area (Å²) in [5.41, 5.74) is 6.22. The van der Waals surface area contributed by atoms with Crippen LogP contribution in [-0.4, -0.2) is 25.2 Å². The predicted octanol–water partition coefficient (Wildman–Crippen LogP) is 0.860. The number of anilines is 1. The number of nitrogens with one attached hydrogen (secondary N) is 1. The molecule has 1 saturated carbocycles. The van der Waals surface area contributed by atoms with Crippen LogP contribution in [0.2, 0.25) is 0 Å². The van der Waals surface area contributed by atoms with E-state index in [1.54, 1.807) is 12.3 Å². The van der Waals surface area contributed by atoms with Crippen molar-refractivity contribution in [3.8, 4) is 11.8 Å². The smallest absolute Gasteiger partial charge is 0.215 e. The summed E-state index contributed by atoms with van der Waals surface area (Å²) in [7, 11) is -3.17. The highest BCUT2D eigenvalue weighted by Crippen LogP contribution is 2.27. The largest absolute Gasteiger partial charge is 0.383 e. The molecule has 7 heteroatoms. The van der Waals surface area contributed by atoms with E-state index in [4.69, 9.17) is 5.73 Å². The van der Waals surface area contributed by atoms with Crippen molar-refractivity contribution in [2.45, 2.75) is 18.1 Å². The molecule has 0 bridgehead atoms. The molecule has 0 atom stereocenters. The lowest BCUT2D eigenvalue weighted by molar-refractivity contribution is 0.584. The van der Waals surface area contributed by atoms with Crippen LogP contribution >= 0.6 is 15.9 Å².